The molecule has 3 heteroatoms. The van der Waals surface area contributed by atoms with Crippen LogP contribution in [0.15, 0.2) is 30.3 Å². The van der Waals surface area contributed by atoms with Gasteiger partial charge in [0.15, 0.2) is 0 Å². The highest BCUT2D eigenvalue weighted by Crippen LogP contribution is 2.27. The number of anilines is 1. The summed E-state index contributed by atoms with van der Waals surface area (Å²) in [6.45, 7) is 6.17. The first kappa shape index (κ1) is 14.9. The van der Waals surface area contributed by atoms with Gasteiger partial charge in [-0.15, -0.1) is 0 Å². The molecule has 0 fully saturated rings. The summed E-state index contributed by atoms with van der Waals surface area (Å²) in [6, 6.07) is 10.5. The zero-order valence-electron chi connectivity index (χ0n) is 12.8. The SMILES string of the molecule is Cc1cc(C)c(O)c(Pc2c(C)cccc2N(C)C)c1. The number of nitrogens with zero attached hydrogens (tertiary/aromatic N) is 1. The van der Waals surface area contributed by atoms with E-state index in [1.807, 2.05) is 13.0 Å². The summed E-state index contributed by atoms with van der Waals surface area (Å²) in [7, 11) is 4.59. The lowest BCUT2D eigenvalue weighted by Gasteiger charge is -2.20. The average molecular weight is 287 g/mol. The molecule has 0 saturated carbocycles. The van der Waals surface area contributed by atoms with E-state index >= 15 is 0 Å². The Bertz CT molecular complexity index is 635. The average Bonchev–Trinajstić information content (AvgIpc) is 2.37. The minimum absolute atomic E-state index is 0.432. The fraction of sp³-hybridized carbons (Fsp3) is 0.294. The van der Waals surface area contributed by atoms with Crippen LogP contribution in [0.1, 0.15) is 16.7 Å². The van der Waals surface area contributed by atoms with Gasteiger partial charge in [-0.25, -0.2) is 0 Å². The van der Waals surface area contributed by atoms with Crippen LogP contribution in [-0.4, -0.2) is 19.2 Å². The fourth-order valence-electron chi connectivity index (χ4n) is 2.38. The van der Waals surface area contributed by atoms with E-state index in [-0.39, 0.29) is 0 Å². The van der Waals surface area contributed by atoms with Gasteiger partial charge in [0.05, 0.1) is 0 Å². The van der Waals surface area contributed by atoms with Crippen LogP contribution in [0.3, 0.4) is 0 Å². The molecule has 106 valence electrons. The molecule has 0 saturated heterocycles. The summed E-state index contributed by atoms with van der Waals surface area (Å²) < 4.78 is 0. The molecule has 20 heavy (non-hydrogen) atoms. The molecule has 2 aromatic rings. The summed E-state index contributed by atoms with van der Waals surface area (Å²) in [5.74, 6) is 0.432. The van der Waals surface area contributed by atoms with Gasteiger partial charge in [0, 0.05) is 30.4 Å². The van der Waals surface area contributed by atoms with Crippen molar-refractivity contribution in [2.45, 2.75) is 20.8 Å². The monoisotopic (exact) mass is 287 g/mol. The van der Waals surface area contributed by atoms with E-state index < -0.39 is 0 Å². The van der Waals surface area contributed by atoms with Crippen LogP contribution in [0.4, 0.5) is 5.69 Å². The second kappa shape index (κ2) is 5.85. The van der Waals surface area contributed by atoms with Gasteiger partial charge in [0.25, 0.3) is 0 Å². The highest BCUT2D eigenvalue weighted by molar-refractivity contribution is 7.56. The van der Waals surface area contributed by atoms with E-state index in [0.29, 0.717) is 14.3 Å². The molecule has 2 aromatic carbocycles. The van der Waals surface area contributed by atoms with E-state index in [1.165, 1.54) is 22.1 Å². The number of hydrogen-bond donors (Lipinski definition) is 1. The predicted molar refractivity (Wildman–Crippen MR) is 90.7 cm³/mol. The number of rotatable bonds is 3. The summed E-state index contributed by atoms with van der Waals surface area (Å²) in [4.78, 5) is 2.13. The van der Waals surface area contributed by atoms with E-state index in [1.54, 1.807) is 0 Å². The Balaban J connectivity index is 2.50. The fourth-order valence-corrected chi connectivity index (χ4v) is 3.98. The molecule has 0 aromatic heterocycles. The van der Waals surface area contributed by atoms with Crippen molar-refractivity contribution >= 4 is 24.9 Å². The van der Waals surface area contributed by atoms with E-state index in [9.17, 15) is 5.11 Å². The maximum absolute atomic E-state index is 10.3. The minimum atomic E-state index is 0.432. The van der Waals surface area contributed by atoms with Crippen LogP contribution in [0.2, 0.25) is 0 Å². The van der Waals surface area contributed by atoms with E-state index in [0.717, 1.165) is 10.9 Å². The van der Waals surface area contributed by atoms with Crippen molar-refractivity contribution in [3.8, 4) is 5.75 Å². The van der Waals surface area contributed by atoms with Crippen molar-refractivity contribution < 1.29 is 5.11 Å². The molecular weight excluding hydrogens is 265 g/mol. The molecule has 2 rings (SSSR count). The normalized spacial score (nSPS) is 11.2. The third-order valence-corrected chi connectivity index (χ3v) is 4.99. The van der Waals surface area contributed by atoms with E-state index in [2.05, 4.69) is 57.1 Å². The quantitative estimate of drug-likeness (QED) is 0.877. The third kappa shape index (κ3) is 2.96. The number of phenolic OH excluding ortho intramolecular Hbond substituents is 1. The molecule has 1 N–H and O–H groups in total. The number of hydrogen-bond acceptors (Lipinski definition) is 2. The largest absolute Gasteiger partial charge is 0.507 e. The number of benzene rings is 2. The molecule has 0 aliphatic carbocycles. The highest BCUT2D eigenvalue weighted by atomic mass is 31.1. The smallest absolute Gasteiger partial charge is 0.126 e. The number of phenols is 1. The molecule has 0 aliphatic heterocycles. The Kier molecular flexibility index (Phi) is 4.35. The molecule has 0 amide bonds. The van der Waals surface area contributed by atoms with Crippen LogP contribution in [0.5, 0.6) is 5.75 Å². The second-order valence-electron chi connectivity index (χ2n) is 5.47. The maximum atomic E-state index is 10.3. The molecular formula is C17H22NOP. The molecule has 0 radical (unpaired) electrons. The molecule has 1 unspecified atom stereocenters. The Labute approximate surface area is 123 Å². The highest BCUT2D eigenvalue weighted by Gasteiger charge is 2.12. The van der Waals surface area contributed by atoms with Crippen LogP contribution in [0, 0.1) is 20.8 Å². The summed E-state index contributed by atoms with van der Waals surface area (Å²) in [5, 5.41) is 12.6. The van der Waals surface area contributed by atoms with Gasteiger partial charge in [-0.05, 0) is 49.6 Å². The lowest BCUT2D eigenvalue weighted by atomic mass is 10.1. The summed E-state index contributed by atoms with van der Waals surface area (Å²) in [6.07, 6.45) is 0. The number of aryl methyl sites for hydroxylation is 3. The lowest BCUT2D eigenvalue weighted by molar-refractivity contribution is 0.475. The first-order chi connectivity index (χ1) is 9.40. The van der Waals surface area contributed by atoms with Crippen LogP contribution in [0.25, 0.3) is 0 Å². The summed E-state index contributed by atoms with van der Waals surface area (Å²) in [5.41, 5.74) is 4.64. The van der Waals surface area contributed by atoms with Crippen LogP contribution >= 0.6 is 8.58 Å². The van der Waals surface area contributed by atoms with Crippen LogP contribution < -0.4 is 15.5 Å². The standard InChI is InChI=1S/C17H22NOP/c1-11-9-13(3)16(19)15(10-11)20-17-12(2)7-6-8-14(17)18(4)5/h6-10,19-20H,1-5H3. The van der Waals surface area contributed by atoms with Crippen molar-refractivity contribution in [2.24, 2.45) is 0 Å². The topological polar surface area (TPSA) is 23.5 Å². The van der Waals surface area contributed by atoms with Gasteiger partial charge in [0.2, 0.25) is 0 Å². The van der Waals surface area contributed by atoms with Gasteiger partial charge in [0.1, 0.15) is 5.75 Å². The molecule has 0 bridgehead atoms. The first-order valence-corrected chi connectivity index (χ1v) is 7.74. The molecule has 0 spiro atoms. The van der Waals surface area contributed by atoms with Crippen molar-refractivity contribution in [1.82, 2.24) is 0 Å². The zero-order valence-corrected chi connectivity index (χ0v) is 13.8. The Hall–Kier alpha value is -1.53. The number of aromatic hydroxyl groups is 1. The van der Waals surface area contributed by atoms with Gasteiger partial charge < -0.3 is 10.0 Å². The lowest BCUT2D eigenvalue weighted by Crippen LogP contribution is -2.19. The predicted octanol–water partition coefficient (Wildman–Crippen LogP) is 3.01. The second-order valence-corrected chi connectivity index (χ2v) is 6.76. The van der Waals surface area contributed by atoms with Crippen molar-refractivity contribution in [3.63, 3.8) is 0 Å². The Morgan fingerprint density at radius 1 is 1.00 bits per heavy atom. The van der Waals surface area contributed by atoms with Crippen LogP contribution in [-0.2, 0) is 0 Å². The van der Waals surface area contributed by atoms with Gasteiger partial charge in [-0.2, -0.15) is 0 Å². The third-order valence-electron chi connectivity index (χ3n) is 3.44. The van der Waals surface area contributed by atoms with Gasteiger partial charge >= 0.3 is 0 Å². The molecule has 1 atom stereocenters. The van der Waals surface area contributed by atoms with Crippen molar-refractivity contribution in [3.05, 3.63) is 47.0 Å². The van der Waals surface area contributed by atoms with Crippen molar-refractivity contribution in [2.75, 3.05) is 19.0 Å². The first-order valence-electron chi connectivity index (χ1n) is 6.74. The van der Waals surface area contributed by atoms with Gasteiger partial charge in [-0.3, -0.25) is 0 Å². The van der Waals surface area contributed by atoms with Crippen molar-refractivity contribution in [1.29, 1.82) is 0 Å². The molecule has 0 heterocycles. The van der Waals surface area contributed by atoms with E-state index in [4.69, 9.17) is 0 Å². The minimum Gasteiger partial charge on any atom is -0.507 e. The maximum Gasteiger partial charge on any atom is 0.126 e. The Morgan fingerprint density at radius 2 is 1.70 bits per heavy atom. The summed E-state index contributed by atoms with van der Waals surface area (Å²) >= 11 is 0. The Morgan fingerprint density at radius 3 is 2.35 bits per heavy atom. The molecule has 0 aliphatic rings. The molecule has 2 nitrogen and oxygen atoms in total. The van der Waals surface area contributed by atoms with Gasteiger partial charge in [-0.1, -0.05) is 26.8 Å². The zero-order chi connectivity index (χ0) is 14.9.